The van der Waals surface area contributed by atoms with E-state index < -0.39 is 0 Å². The number of carbonyl (C=O) groups is 1. The molecule has 1 heterocycles. The lowest BCUT2D eigenvalue weighted by molar-refractivity contribution is 0.0767. The van der Waals surface area contributed by atoms with E-state index in [2.05, 4.69) is 10.2 Å². The number of benzene rings is 2. The Bertz CT molecular complexity index is 828. The molecule has 3 aromatic rings. The molecule has 0 fully saturated rings. The monoisotopic (exact) mass is 336 g/mol. The van der Waals surface area contributed by atoms with Crippen molar-refractivity contribution in [3.05, 3.63) is 72.1 Å². The van der Waals surface area contributed by atoms with E-state index in [1.165, 1.54) is 16.6 Å². The molecule has 3 rings (SSSR count). The summed E-state index contributed by atoms with van der Waals surface area (Å²) in [5.74, 6) is 0.608. The van der Waals surface area contributed by atoms with Crippen molar-refractivity contribution in [3.63, 3.8) is 0 Å². The molecule has 2 aromatic carbocycles. The van der Waals surface area contributed by atoms with Crippen LogP contribution in [0.15, 0.2) is 60.8 Å². The minimum atomic E-state index is -0.185. The topological polar surface area (TPSA) is 60.2 Å². The number of para-hydroxylation sites is 1. The summed E-state index contributed by atoms with van der Waals surface area (Å²) in [6.45, 7) is 2.90. The zero-order chi connectivity index (χ0) is 17.6. The van der Waals surface area contributed by atoms with Crippen molar-refractivity contribution in [3.8, 4) is 11.4 Å². The van der Waals surface area contributed by atoms with Crippen LogP contribution in [0.1, 0.15) is 16.1 Å². The van der Waals surface area contributed by atoms with E-state index >= 15 is 0 Å². The standard InChI is InChI=1S/C19H20N4O2/c1-15-8-10-17(11-9-15)25-13-12-22(2)19(24)18-14-20-23(21-18)16-6-4-3-5-7-16/h3-11,14H,12-13H2,1-2H3. The summed E-state index contributed by atoms with van der Waals surface area (Å²) in [6, 6.07) is 17.3. The largest absolute Gasteiger partial charge is 0.492 e. The fourth-order valence-corrected chi connectivity index (χ4v) is 2.28. The number of carbonyl (C=O) groups excluding carboxylic acids is 1. The van der Waals surface area contributed by atoms with Crippen LogP contribution in [-0.2, 0) is 0 Å². The Hall–Kier alpha value is -3.15. The van der Waals surface area contributed by atoms with Gasteiger partial charge in [-0.15, -0.1) is 5.10 Å². The van der Waals surface area contributed by atoms with Crippen molar-refractivity contribution < 1.29 is 9.53 Å². The molecular weight excluding hydrogens is 316 g/mol. The van der Waals surface area contributed by atoms with E-state index in [0.29, 0.717) is 18.8 Å². The zero-order valence-corrected chi connectivity index (χ0v) is 14.3. The van der Waals surface area contributed by atoms with E-state index in [1.807, 2.05) is 61.5 Å². The highest BCUT2D eigenvalue weighted by Gasteiger charge is 2.16. The van der Waals surface area contributed by atoms with Crippen LogP contribution < -0.4 is 4.74 Å². The van der Waals surface area contributed by atoms with Crippen molar-refractivity contribution in [2.75, 3.05) is 20.2 Å². The summed E-state index contributed by atoms with van der Waals surface area (Å²) in [6.07, 6.45) is 1.48. The van der Waals surface area contributed by atoms with E-state index in [1.54, 1.807) is 11.9 Å². The highest BCUT2D eigenvalue weighted by Crippen LogP contribution is 2.11. The van der Waals surface area contributed by atoms with Crippen LogP contribution in [0, 0.1) is 6.92 Å². The Morgan fingerprint density at radius 2 is 1.84 bits per heavy atom. The van der Waals surface area contributed by atoms with Gasteiger partial charge in [-0.05, 0) is 31.2 Å². The maximum atomic E-state index is 12.4. The van der Waals surface area contributed by atoms with Crippen molar-refractivity contribution in [2.24, 2.45) is 0 Å². The van der Waals surface area contributed by atoms with Gasteiger partial charge >= 0.3 is 0 Å². The first kappa shape index (κ1) is 16.7. The number of amides is 1. The lowest BCUT2D eigenvalue weighted by Gasteiger charge is -2.16. The molecule has 0 N–H and O–H groups in total. The molecule has 0 aliphatic rings. The number of nitrogens with zero attached hydrogens (tertiary/aromatic N) is 4. The maximum absolute atomic E-state index is 12.4. The molecule has 0 bridgehead atoms. The number of ether oxygens (including phenoxy) is 1. The van der Waals surface area contributed by atoms with Gasteiger partial charge < -0.3 is 9.64 Å². The molecule has 1 amide bonds. The van der Waals surface area contributed by atoms with Crippen LogP contribution in [0.5, 0.6) is 5.75 Å². The van der Waals surface area contributed by atoms with E-state index in [-0.39, 0.29) is 5.91 Å². The van der Waals surface area contributed by atoms with Gasteiger partial charge in [0.2, 0.25) is 0 Å². The average Bonchev–Trinajstić information content (AvgIpc) is 3.13. The maximum Gasteiger partial charge on any atom is 0.275 e. The third-order valence-corrected chi connectivity index (χ3v) is 3.76. The molecule has 6 nitrogen and oxygen atoms in total. The average molecular weight is 336 g/mol. The Kier molecular flexibility index (Phi) is 5.09. The van der Waals surface area contributed by atoms with Crippen molar-refractivity contribution in [1.29, 1.82) is 0 Å². The fraction of sp³-hybridized carbons (Fsp3) is 0.211. The minimum Gasteiger partial charge on any atom is -0.492 e. The normalized spacial score (nSPS) is 10.5. The molecule has 0 radical (unpaired) electrons. The molecule has 0 spiro atoms. The lowest BCUT2D eigenvalue weighted by Crippen LogP contribution is -2.31. The summed E-state index contributed by atoms with van der Waals surface area (Å²) < 4.78 is 5.66. The number of aryl methyl sites for hydroxylation is 1. The Labute approximate surface area is 146 Å². The second-order valence-corrected chi connectivity index (χ2v) is 5.74. The predicted molar refractivity (Wildman–Crippen MR) is 95.0 cm³/mol. The number of aromatic nitrogens is 3. The van der Waals surface area contributed by atoms with Gasteiger partial charge in [0.05, 0.1) is 18.4 Å². The van der Waals surface area contributed by atoms with Crippen LogP contribution >= 0.6 is 0 Å². The predicted octanol–water partition coefficient (Wildman–Crippen LogP) is 2.73. The fourth-order valence-electron chi connectivity index (χ4n) is 2.28. The molecule has 128 valence electrons. The highest BCUT2D eigenvalue weighted by molar-refractivity contribution is 5.91. The third kappa shape index (κ3) is 4.23. The lowest BCUT2D eigenvalue weighted by atomic mass is 10.2. The molecule has 25 heavy (non-hydrogen) atoms. The quantitative estimate of drug-likeness (QED) is 0.694. The molecule has 6 heteroatoms. The van der Waals surface area contributed by atoms with Gasteiger partial charge in [0.25, 0.3) is 5.91 Å². The van der Waals surface area contributed by atoms with Crippen LogP contribution in [-0.4, -0.2) is 46.0 Å². The van der Waals surface area contributed by atoms with Gasteiger partial charge in [-0.2, -0.15) is 9.90 Å². The summed E-state index contributed by atoms with van der Waals surface area (Å²) in [4.78, 5) is 15.5. The SMILES string of the molecule is Cc1ccc(OCCN(C)C(=O)c2cnn(-c3ccccc3)n2)cc1. The van der Waals surface area contributed by atoms with Gasteiger partial charge in [0, 0.05) is 7.05 Å². The summed E-state index contributed by atoms with van der Waals surface area (Å²) in [7, 11) is 1.72. The van der Waals surface area contributed by atoms with E-state index in [0.717, 1.165) is 11.4 Å². The second kappa shape index (κ2) is 7.61. The zero-order valence-electron chi connectivity index (χ0n) is 14.3. The van der Waals surface area contributed by atoms with E-state index in [4.69, 9.17) is 4.74 Å². The number of rotatable bonds is 6. The number of likely N-dealkylation sites (N-methyl/N-ethyl adjacent to an activating group) is 1. The van der Waals surface area contributed by atoms with Gasteiger partial charge in [-0.25, -0.2) is 0 Å². The van der Waals surface area contributed by atoms with Crippen LogP contribution in [0.4, 0.5) is 0 Å². The molecule has 0 aliphatic carbocycles. The third-order valence-electron chi connectivity index (χ3n) is 3.76. The number of hydrogen-bond acceptors (Lipinski definition) is 4. The first-order valence-electron chi connectivity index (χ1n) is 8.06. The molecular formula is C19H20N4O2. The van der Waals surface area contributed by atoms with Gasteiger partial charge in [0.1, 0.15) is 12.4 Å². The second-order valence-electron chi connectivity index (χ2n) is 5.74. The van der Waals surface area contributed by atoms with Crippen LogP contribution in [0.3, 0.4) is 0 Å². The van der Waals surface area contributed by atoms with Gasteiger partial charge in [0.15, 0.2) is 5.69 Å². The first-order valence-corrected chi connectivity index (χ1v) is 8.06. The Balaban J connectivity index is 1.55. The molecule has 1 aromatic heterocycles. The Morgan fingerprint density at radius 3 is 2.56 bits per heavy atom. The number of hydrogen-bond donors (Lipinski definition) is 0. The Morgan fingerprint density at radius 1 is 1.12 bits per heavy atom. The molecule has 0 aliphatic heterocycles. The van der Waals surface area contributed by atoms with Crippen LogP contribution in [0.25, 0.3) is 5.69 Å². The summed E-state index contributed by atoms with van der Waals surface area (Å²) in [5, 5.41) is 8.40. The summed E-state index contributed by atoms with van der Waals surface area (Å²) in [5.41, 5.74) is 2.30. The molecule has 0 saturated heterocycles. The minimum absolute atomic E-state index is 0.185. The van der Waals surface area contributed by atoms with Crippen molar-refractivity contribution >= 4 is 5.91 Å². The smallest absolute Gasteiger partial charge is 0.275 e. The molecule has 0 saturated carbocycles. The molecule has 0 unspecified atom stereocenters. The summed E-state index contributed by atoms with van der Waals surface area (Å²) >= 11 is 0. The molecule has 0 atom stereocenters. The van der Waals surface area contributed by atoms with Gasteiger partial charge in [-0.1, -0.05) is 35.9 Å². The van der Waals surface area contributed by atoms with E-state index in [9.17, 15) is 4.79 Å². The van der Waals surface area contributed by atoms with Crippen molar-refractivity contribution in [1.82, 2.24) is 19.9 Å². The highest BCUT2D eigenvalue weighted by atomic mass is 16.5. The van der Waals surface area contributed by atoms with Gasteiger partial charge in [-0.3, -0.25) is 4.79 Å². The van der Waals surface area contributed by atoms with Crippen molar-refractivity contribution in [2.45, 2.75) is 6.92 Å². The first-order chi connectivity index (χ1) is 12.1. The van der Waals surface area contributed by atoms with Crippen LogP contribution in [0.2, 0.25) is 0 Å².